The van der Waals surface area contributed by atoms with E-state index in [0.29, 0.717) is 22.0 Å². The number of aromatic nitrogens is 4. The van der Waals surface area contributed by atoms with E-state index in [4.69, 9.17) is 5.73 Å². The molecule has 0 fully saturated rings. The third-order valence-electron chi connectivity index (χ3n) is 4.91. The van der Waals surface area contributed by atoms with Gasteiger partial charge in [0.25, 0.3) is 0 Å². The van der Waals surface area contributed by atoms with E-state index in [1.807, 2.05) is 0 Å². The first-order valence-electron chi connectivity index (χ1n) is 9.50. The second-order valence-electron chi connectivity index (χ2n) is 7.41. The number of H-pyrrole nitrogens is 1. The zero-order valence-corrected chi connectivity index (χ0v) is 17.1. The van der Waals surface area contributed by atoms with Crippen LogP contribution in [0.15, 0.2) is 48.7 Å². The van der Waals surface area contributed by atoms with Gasteiger partial charge in [-0.05, 0) is 49.5 Å². The maximum Gasteiger partial charge on any atom is 0.408 e. The van der Waals surface area contributed by atoms with E-state index in [2.05, 4.69) is 25.5 Å². The van der Waals surface area contributed by atoms with Crippen LogP contribution in [0.1, 0.15) is 11.6 Å². The summed E-state index contributed by atoms with van der Waals surface area (Å²) in [5, 5.41) is 10.4. The Balaban J connectivity index is 1.78. The highest BCUT2D eigenvalue weighted by atomic mass is 19.4. The summed E-state index contributed by atoms with van der Waals surface area (Å²) in [5.74, 6) is 0.0241. The van der Waals surface area contributed by atoms with E-state index in [1.54, 1.807) is 12.1 Å². The van der Waals surface area contributed by atoms with E-state index in [0.717, 1.165) is 4.90 Å². The van der Waals surface area contributed by atoms with E-state index < -0.39 is 18.0 Å². The molecule has 1 unspecified atom stereocenters. The van der Waals surface area contributed by atoms with Crippen LogP contribution >= 0.6 is 0 Å². The zero-order chi connectivity index (χ0) is 23.0. The van der Waals surface area contributed by atoms with Crippen molar-refractivity contribution < 1.29 is 17.6 Å². The lowest BCUT2D eigenvalue weighted by molar-refractivity contribution is -0.179. The van der Waals surface area contributed by atoms with E-state index in [-0.39, 0.29) is 23.1 Å². The molecule has 0 aliphatic carbocycles. The van der Waals surface area contributed by atoms with Crippen LogP contribution in [0.3, 0.4) is 0 Å². The van der Waals surface area contributed by atoms with Crippen molar-refractivity contribution in [3.8, 4) is 11.1 Å². The van der Waals surface area contributed by atoms with Crippen molar-refractivity contribution in [1.29, 1.82) is 0 Å². The van der Waals surface area contributed by atoms with Gasteiger partial charge in [0.15, 0.2) is 5.82 Å². The number of nitrogens with one attached hydrogen (secondary N) is 2. The fourth-order valence-corrected chi connectivity index (χ4v) is 3.55. The highest BCUT2D eigenvalue weighted by Gasteiger charge is 2.42. The van der Waals surface area contributed by atoms with Crippen LogP contribution in [0, 0.1) is 5.82 Å². The molecule has 0 aliphatic heterocycles. The minimum Gasteiger partial charge on any atom is -0.368 e. The van der Waals surface area contributed by atoms with Crippen LogP contribution in [0.4, 0.5) is 35.1 Å². The van der Waals surface area contributed by atoms with Gasteiger partial charge in [-0.2, -0.15) is 23.3 Å². The minimum atomic E-state index is -4.46. The average molecular weight is 445 g/mol. The van der Waals surface area contributed by atoms with Crippen molar-refractivity contribution in [2.75, 3.05) is 25.1 Å². The number of rotatable bonds is 5. The van der Waals surface area contributed by atoms with E-state index in [1.165, 1.54) is 50.6 Å². The summed E-state index contributed by atoms with van der Waals surface area (Å²) in [6.07, 6.45) is -3.05. The molecule has 1 atom stereocenters. The van der Waals surface area contributed by atoms with Crippen molar-refractivity contribution in [3.63, 3.8) is 0 Å². The van der Waals surface area contributed by atoms with Gasteiger partial charge in [-0.3, -0.25) is 10.00 Å². The summed E-state index contributed by atoms with van der Waals surface area (Å²) >= 11 is 0. The number of benzene rings is 2. The number of hydrogen-bond donors (Lipinski definition) is 3. The van der Waals surface area contributed by atoms with Crippen molar-refractivity contribution >= 4 is 28.5 Å². The van der Waals surface area contributed by atoms with Gasteiger partial charge in [0.05, 0.1) is 5.52 Å². The highest BCUT2D eigenvalue weighted by Crippen LogP contribution is 2.38. The predicted octanol–water partition coefficient (Wildman–Crippen LogP) is 4.65. The summed E-state index contributed by atoms with van der Waals surface area (Å²) in [6, 6.07) is 8.38. The van der Waals surface area contributed by atoms with Crippen LogP contribution in [-0.4, -0.2) is 45.3 Å². The van der Waals surface area contributed by atoms with E-state index in [9.17, 15) is 17.6 Å². The summed E-state index contributed by atoms with van der Waals surface area (Å²) in [6.45, 7) is 0. The second-order valence-corrected chi connectivity index (χ2v) is 7.41. The third kappa shape index (κ3) is 4.19. The molecule has 0 amide bonds. The molecule has 4 aromatic rings. The molecule has 2 aromatic carbocycles. The molecule has 4 rings (SSSR count). The van der Waals surface area contributed by atoms with Crippen LogP contribution in [-0.2, 0) is 0 Å². The minimum absolute atomic E-state index is 0.0418. The highest BCUT2D eigenvalue weighted by molar-refractivity contribution is 5.92. The number of nitrogen functional groups attached to an aromatic ring is 1. The molecule has 0 aliphatic rings. The Morgan fingerprint density at radius 3 is 2.59 bits per heavy atom. The lowest BCUT2D eigenvalue weighted by atomic mass is 9.99. The first kappa shape index (κ1) is 21.5. The maximum absolute atomic E-state index is 13.7. The molecule has 2 heterocycles. The Hall–Kier alpha value is -3.73. The van der Waals surface area contributed by atoms with Gasteiger partial charge in [-0.25, -0.2) is 9.37 Å². The van der Waals surface area contributed by atoms with Gasteiger partial charge < -0.3 is 11.1 Å². The molecule has 0 spiro atoms. The number of aromatic amines is 1. The Morgan fingerprint density at radius 1 is 1.09 bits per heavy atom. The van der Waals surface area contributed by atoms with E-state index >= 15 is 0 Å². The SMILES string of the molecule is CN(C)C(c1cccc(-c2cnc(N)nc2Nc2n[nH]c3ccc(F)cc23)c1)C(F)(F)F. The monoisotopic (exact) mass is 445 g/mol. The number of alkyl halides is 3. The predicted molar refractivity (Wildman–Crippen MR) is 114 cm³/mol. The molecule has 7 nitrogen and oxygen atoms in total. The van der Waals surface area contributed by atoms with Crippen LogP contribution < -0.4 is 11.1 Å². The van der Waals surface area contributed by atoms with Crippen molar-refractivity contribution in [3.05, 3.63) is 60.0 Å². The molecule has 32 heavy (non-hydrogen) atoms. The molecule has 0 saturated carbocycles. The fourth-order valence-electron chi connectivity index (χ4n) is 3.55. The fraction of sp³-hybridized carbons (Fsp3) is 0.190. The number of halogens is 4. The Kier molecular flexibility index (Phi) is 5.43. The molecule has 0 saturated heterocycles. The van der Waals surface area contributed by atoms with Gasteiger partial charge in [0.1, 0.15) is 17.7 Å². The van der Waals surface area contributed by atoms with Crippen LogP contribution in [0.25, 0.3) is 22.0 Å². The normalized spacial score (nSPS) is 13.0. The number of nitrogens with two attached hydrogens (primary N) is 1. The Morgan fingerprint density at radius 2 is 1.88 bits per heavy atom. The quantitative estimate of drug-likeness (QED) is 0.387. The van der Waals surface area contributed by atoms with Crippen LogP contribution in [0.5, 0.6) is 0 Å². The van der Waals surface area contributed by atoms with Gasteiger partial charge >= 0.3 is 6.18 Å². The summed E-state index contributed by atoms with van der Waals surface area (Å²) < 4.78 is 54.6. The number of fused-ring (bicyclic) bond motifs is 1. The Labute approximate surface area is 180 Å². The first-order chi connectivity index (χ1) is 15.1. The van der Waals surface area contributed by atoms with Crippen molar-refractivity contribution in [2.24, 2.45) is 0 Å². The van der Waals surface area contributed by atoms with Gasteiger partial charge in [0.2, 0.25) is 5.95 Å². The standard InChI is InChI=1S/C21H19F4N7/c1-32(2)17(21(23,24)25)12-5-3-4-11(8-12)15-10-27-20(26)29-18(15)28-19-14-9-13(22)6-7-16(14)30-31-19/h3-10,17H,1-2H3,(H4,26,27,28,29,30,31). The van der Waals surface area contributed by atoms with Crippen molar-refractivity contribution in [2.45, 2.75) is 12.2 Å². The van der Waals surface area contributed by atoms with Crippen molar-refractivity contribution in [1.82, 2.24) is 25.1 Å². The summed E-state index contributed by atoms with van der Waals surface area (Å²) in [5.41, 5.74) is 7.26. The molecule has 0 radical (unpaired) electrons. The van der Waals surface area contributed by atoms with Gasteiger partial charge in [-0.1, -0.05) is 18.2 Å². The second kappa shape index (κ2) is 8.08. The third-order valence-corrected chi connectivity index (χ3v) is 4.91. The summed E-state index contributed by atoms with van der Waals surface area (Å²) in [4.78, 5) is 9.27. The maximum atomic E-state index is 13.7. The Bertz CT molecular complexity index is 1270. The number of hydrogen-bond acceptors (Lipinski definition) is 6. The first-order valence-corrected chi connectivity index (χ1v) is 9.50. The molecular weight excluding hydrogens is 426 g/mol. The molecule has 11 heteroatoms. The van der Waals surface area contributed by atoms with Crippen LogP contribution in [0.2, 0.25) is 0 Å². The van der Waals surface area contributed by atoms with Gasteiger partial charge in [0, 0.05) is 17.1 Å². The molecule has 0 bridgehead atoms. The number of nitrogens with zero attached hydrogens (tertiary/aromatic N) is 4. The largest absolute Gasteiger partial charge is 0.408 e. The average Bonchev–Trinajstić information content (AvgIpc) is 3.09. The molecule has 2 aromatic heterocycles. The lowest BCUT2D eigenvalue weighted by Gasteiger charge is -2.27. The smallest absolute Gasteiger partial charge is 0.368 e. The summed E-state index contributed by atoms with van der Waals surface area (Å²) in [7, 11) is 2.73. The zero-order valence-electron chi connectivity index (χ0n) is 17.1. The number of anilines is 3. The molecule has 4 N–H and O–H groups in total. The molecule has 166 valence electrons. The lowest BCUT2D eigenvalue weighted by Crippen LogP contribution is -2.33. The topological polar surface area (TPSA) is 95.8 Å². The molecular formula is C21H19F4N7. The van der Waals surface area contributed by atoms with Gasteiger partial charge in [-0.15, -0.1) is 0 Å².